The van der Waals surface area contributed by atoms with Crippen LogP contribution in [0.2, 0.25) is 0 Å². The maximum atomic E-state index is 12.2. The van der Waals surface area contributed by atoms with Crippen molar-refractivity contribution in [1.29, 1.82) is 0 Å². The van der Waals surface area contributed by atoms with Crippen LogP contribution in [0.25, 0.3) is 0 Å². The first-order chi connectivity index (χ1) is 12.0. The highest BCUT2D eigenvalue weighted by molar-refractivity contribution is 5.95. The molecule has 1 heterocycles. The molecular weight excluding hydrogens is 322 g/mol. The fourth-order valence-electron chi connectivity index (χ4n) is 3.03. The minimum absolute atomic E-state index is 0.209. The van der Waals surface area contributed by atoms with Crippen molar-refractivity contribution in [2.45, 2.75) is 6.42 Å². The van der Waals surface area contributed by atoms with E-state index in [2.05, 4.69) is 22.3 Å². The Morgan fingerprint density at radius 1 is 1.28 bits per heavy atom. The highest BCUT2D eigenvalue weighted by Crippen LogP contribution is 2.26. The van der Waals surface area contributed by atoms with E-state index < -0.39 is 16.4 Å². The molecule has 3 rings (SSSR count). The fourth-order valence-corrected chi connectivity index (χ4v) is 3.03. The predicted octanol–water partition coefficient (Wildman–Crippen LogP) is 2.56. The van der Waals surface area contributed by atoms with Gasteiger partial charge in [0.2, 0.25) is 0 Å². The molecule has 25 heavy (non-hydrogen) atoms. The van der Waals surface area contributed by atoms with Crippen LogP contribution in [0.1, 0.15) is 16.8 Å². The number of anilines is 1. The zero-order valence-corrected chi connectivity index (χ0v) is 13.6. The average molecular weight is 341 g/mol. The maximum Gasteiger partial charge on any atom is 0.310 e. The normalized spacial score (nSPS) is 16.6. The average Bonchev–Trinajstić information content (AvgIpc) is 3.09. The summed E-state index contributed by atoms with van der Waals surface area (Å²) in [4.78, 5) is 24.5. The topological polar surface area (TPSA) is 95.7 Å². The van der Waals surface area contributed by atoms with Gasteiger partial charge in [0.05, 0.1) is 4.92 Å². The summed E-state index contributed by atoms with van der Waals surface area (Å²) in [6.07, 6.45) is 0.987. The van der Waals surface area contributed by atoms with E-state index in [9.17, 15) is 20.0 Å². The van der Waals surface area contributed by atoms with Crippen LogP contribution in [0.4, 0.5) is 11.4 Å². The van der Waals surface area contributed by atoms with Crippen LogP contribution in [-0.2, 0) is 0 Å². The van der Waals surface area contributed by atoms with E-state index in [1.807, 2.05) is 18.2 Å². The fraction of sp³-hybridized carbons (Fsp3) is 0.278. The molecule has 1 amide bonds. The summed E-state index contributed by atoms with van der Waals surface area (Å²) in [6, 6.07) is 13.7. The monoisotopic (exact) mass is 341 g/mol. The third-order valence-corrected chi connectivity index (χ3v) is 4.39. The third kappa shape index (κ3) is 3.88. The van der Waals surface area contributed by atoms with Crippen LogP contribution >= 0.6 is 0 Å². The lowest BCUT2D eigenvalue weighted by Crippen LogP contribution is -2.31. The van der Waals surface area contributed by atoms with Crippen LogP contribution in [0, 0.1) is 16.0 Å². The summed E-state index contributed by atoms with van der Waals surface area (Å²) in [6.45, 7) is 2.35. The van der Waals surface area contributed by atoms with E-state index in [0.717, 1.165) is 31.6 Å². The van der Waals surface area contributed by atoms with Crippen LogP contribution in [0.3, 0.4) is 0 Å². The minimum Gasteiger partial charge on any atom is -0.502 e. The molecule has 2 aromatic rings. The Morgan fingerprint density at radius 3 is 2.72 bits per heavy atom. The molecule has 0 bridgehead atoms. The highest BCUT2D eigenvalue weighted by atomic mass is 16.6. The quantitative estimate of drug-likeness (QED) is 0.644. The Kier molecular flexibility index (Phi) is 4.83. The van der Waals surface area contributed by atoms with E-state index in [0.29, 0.717) is 12.5 Å². The van der Waals surface area contributed by atoms with Crippen molar-refractivity contribution in [3.8, 4) is 5.75 Å². The smallest absolute Gasteiger partial charge is 0.310 e. The summed E-state index contributed by atoms with van der Waals surface area (Å²) in [5, 5.41) is 23.2. The van der Waals surface area contributed by atoms with Crippen molar-refractivity contribution in [1.82, 2.24) is 5.32 Å². The number of nitrogens with one attached hydrogen (secondary N) is 1. The number of nitrogens with zero attached hydrogens (tertiary/aromatic N) is 2. The molecule has 0 spiro atoms. The molecule has 1 aliphatic rings. The molecule has 1 fully saturated rings. The number of rotatable bonds is 5. The van der Waals surface area contributed by atoms with Crippen molar-refractivity contribution < 1.29 is 14.8 Å². The molecule has 130 valence electrons. The number of hydrogen-bond acceptors (Lipinski definition) is 5. The van der Waals surface area contributed by atoms with Crippen LogP contribution < -0.4 is 10.2 Å². The number of benzene rings is 2. The summed E-state index contributed by atoms with van der Waals surface area (Å²) >= 11 is 0. The predicted molar refractivity (Wildman–Crippen MR) is 93.9 cm³/mol. The lowest BCUT2D eigenvalue weighted by Gasteiger charge is -2.18. The van der Waals surface area contributed by atoms with Gasteiger partial charge < -0.3 is 15.3 Å². The summed E-state index contributed by atoms with van der Waals surface area (Å²) in [7, 11) is 0. The number of nitro benzene ring substituents is 1. The van der Waals surface area contributed by atoms with Gasteiger partial charge in [-0.1, -0.05) is 18.2 Å². The standard InChI is InChI=1S/C18H19N3O4/c22-17-10-14(6-7-16(17)21(24)25)18(23)19-11-13-8-9-20(12-13)15-4-2-1-3-5-15/h1-7,10,13,22H,8-9,11-12H2,(H,19,23)/t13-/m1/s1. The lowest BCUT2D eigenvalue weighted by molar-refractivity contribution is -0.385. The second-order valence-corrected chi connectivity index (χ2v) is 6.11. The molecule has 2 N–H and O–H groups in total. The van der Waals surface area contributed by atoms with Gasteiger partial charge in [-0.05, 0) is 36.6 Å². The molecule has 0 unspecified atom stereocenters. The highest BCUT2D eigenvalue weighted by Gasteiger charge is 2.23. The third-order valence-electron chi connectivity index (χ3n) is 4.39. The van der Waals surface area contributed by atoms with Crippen LogP contribution in [-0.4, -0.2) is 35.6 Å². The SMILES string of the molecule is O=C(NC[C@H]1CCN(c2ccccc2)C1)c1ccc([N+](=O)[O-])c(O)c1. The largest absolute Gasteiger partial charge is 0.502 e. The second-order valence-electron chi connectivity index (χ2n) is 6.11. The number of phenolic OH excluding ortho intramolecular Hbond substituents is 1. The Balaban J connectivity index is 1.55. The van der Waals surface area contributed by atoms with E-state index in [1.165, 1.54) is 11.8 Å². The number of aromatic hydroxyl groups is 1. The first kappa shape index (κ1) is 16.8. The van der Waals surface area contributed by atoms with Crippen molar-refractivity contribution in [3.63, 3.8) is 0 Å². The number of nitro groups is 1. The summed E-state index contributed by atoms with van der Waals surface area (Å²) < 4.78 is 0. The van der Waals surface area contributed by atoms with E-state index in [-0.39, 0.29) is 11.5 Å². The molecular formula is C18H19N3O4. The molecule has 2 aromatic carbocycles. The lowest BCUT2D eigenvalue weighted by atomic mass is 10.1. The summed E-state index contributed by atoms with van der Waals surface area (Å²) in [5.74, 6) is -0.507. The van der Waals surface area contributed by atoms with E-state index in [1.54, 1.807) is 0 Å². The molecule has 1 aliphatic heterocycles. The zero-order valence-electron chi connectivity index (χ0n) is 13.6. The number of carbonyl (C=O) groups excluding carboxylic acids is 1. The van der Waals surface area contributed by atoms with Gasteiger partial charge in [0.1, 0.15) is 0 Å². The molecule has 0 radical (unpaired) electrons. The van der Waals surface area contributed by atoms with Gasteiger partial charge in [-0.2, -0.15) is 0 Å². The zero-order chi connectivity index (χ0) is 17.8. The van der Waals surface area contributed by atoms with Crippen molar-refractivity contribution in [3.05, 3.63) is 64.2 Å². The van der Waals surface area contributed by atoms with Gasteiger partial charge in [0.15, 0.2) is 5.75 Å². The number of carbonyl (C=O) groups is 1. The minimum atomic E-state index is -0.687. The first-order valence-corrected chi connectivity index (χ1v) is 8.10. The van der Waals surface area contributed by atoms with Gasteiger partial charge in [-0.25, -0.2) is 0 Å². The van der Waals surface area contributed by atoms with Gasteiger partial charge in [-0.3, -0.25) is 14.9 Å². The number of phenols is 1. The van der Waals surface area contributed by atoms with Gasteiger partial charge >= 0.3 is 5.69 Å². The van der Waals surface area contributed by atoms with Crippen molar-refractivity contribution in [2.75, 3.05) is 24.5 Å². The van der Waals surface area contributed by atoms with Gasteiger partial charge in [0, 0.05) is 37.0 Å². The maximum absolute atomic E-state index is 12.2. The number of hydrogen-bond donors (Lipinski definition) is 2. The second kappa shape index (κ2) is 7.21. The molecule has 0 aromatic heterocycles. The Bertz CT molecular complexity index is 779. The number of amides is 1. The summed E-state index contributed by atoms with van der Waals surface area (Å²) in [5.41, 5.74) is 0.975. The van der Waals surface area contributed by atoms with Crippen LogP contribution in [0.5, 0.6) is 5.75 Å². The Hall–Kier alpha value is -3.09. The molecule has 7 heteroatoms. The van der Waals surface area contributed by atoms with Crippen LogP contribution in [0.15, 0.2) is 48.5 Å². The molecule has 1 atom stereocenters. The van der Waals surface area contributed by atoms with Crippen molar-refractivity contribution in [2.24, 2.45) is 5.92 Å². The van der Waals surface area contributed by atoms with E-state index in [4.69, 9.17) is 0 Å². The number of para-hydroxylation sites is 1. The molecule has 1 saturated heterocycles. The molecule has 0 saturated carbocycles. The Morgan fingerprint density at radius 2 is 2.04 bits per heavy atom. The van der Waals surface area contributed by atoms with Gasteiger partial charge in [0.25, 0.3) is 5.91 Å². The molecule has 0 aliphatic carbocycles. The first-order valence-electron chi connectivity index (χ1n) is 8.10. The van der Waals surface area contributed by atoms with E-state index >= 15 is 0 Å². The van der Waals surface area contributed by atoms with Gasteiger partial charge in [-0.15, -0.1) is 0 Å². The molecule has 7 nitrogen and oxygen atoms in total. The Labute approximate surface area is 145 Å². The van der Waals surface area contributed by atoms with Crippen molar-refractivity contribution >= 4 is 17.3 Å².